The predicted molar refractivity (Wildman–Crippen MR) is 93.8 cm³/mol. The van der Waals surface area contributed by atoms with Gasteiger partial charge in [-0.05, 0) is 61.4 Å². The molecule has 1 heterocycles. The molecule has 6 heteroatoms. The molecule has 26 heavy (non-hydrogen) atoms. The van der Waals surface area contributed by atoms with Gasteiger partial charge in [-0.15, -0.1) is 0 Å². The largest absolute Gasteiger partial charge is 0.484 e. The molecule has 1 atom stereocenters. The van der Waals surface area contributed by atoms with E-state index in [0.717, 1.165) is 19.4 Å². The van der Waals surface area contributed by atoms with Crippen molar-refractivity contribution in [1.82, 2.24) is 5.32 Å². The van der Waals surface area contributed by atoms with Crippen LogP contribution < -0.4 is 10.1 Å². The van der Waals surface area contributed by atoms with E-state index in [1.807, 2.05) is 0 Å². The maximum Gasteiger partial charge on any atom is 0.258 e. The summed E-state index contributed by atoms with van der Waals surface area (Å²) in [5.41, 5.74) is 0.875. The Morgan fingerprint density at radius 1 is 1.08 bits per heavy atom. The fourth-order valence-electron chi connectivity index (χ4n) is 2.70. The van der Waals surface area contributed by atoms with E-state index in [2.05, 4.69) is 5.32 Å². The van der Waals surface area contributed by atoms with E-state index in [-0.39, 0.29) is 30.2 Å². The lowest BCUT2D eigenvalue weighted by Crippen LogP contribution is -2.35. The number of rotatable bonds is 7. The van der Waals surface area contributed by atoms with E-state index in [1.165, 1.54) is 24.3 Å². The maximum absolute atomic E-state index is 12.9. The zero-order valence-corrected chi connectivity index (χ0v) is 14.2. The van der Waals surface area contributed by atoms with Gasteiger partial charge in [0.15, 0.2) is 12.4 Å². The Hall–Kier alpha value is -2.73. The first-order valence-corrected chi connectivity index (χ1v) is 8.53. The first kappa shape index (κ1) is 18.1. The van der Waals surface area contributed by atoms with Crippen LogP contribution >= 0.6 is 0 Å². The second-order valence-electron chi connectivity index (χ2n) is 6.09. The molecule has 0 saturated carbocycles. The molecule has 0 bridgehead atoms. The van der Waals surface area contributed by atoms with Crippen LogP contribution in [0.15, 0.2) is 48.5 Å². The minimum absolute atomic E-state index is 0.0932. The standard InChI is InChI=1S/C20H20FNO4/c21-16-7-3-14(4-8-16)20(24)15-5-9-17(10-6-15)26-13-19(23)22-12-18-2-1-11-25-18/h3-10,18H,1-2,11-13H2,(H,22,23). The lowest BCUT2D eigenvalue weighted by atomic mass is 10.0. The molecule has 0 spiro atoms. The SMILES string of the molecule is O=C(COc1ccc(C(=O)c2ccc(F)cc2)cc1)NCC1CCCO1. The molecular weight excluding hydrogens is 337 g/mol. The zero-order valence-electron chi connectivity index (χ0n) is 14.2. The van der Waals surface area contributed by atoms with Gasteiger partial charge >= 0.3 is 0 Å². The lowest BCUT2D eigenvalue weighted by molar-refractivity contribution is -0.123. The van der Waals surface area contributed by atoms with Crippen LogP contribution in [-0.2, 0) is 9.53 Å². The van der Waals surface area contributed by atoms with Crippen LogP contribution in [0.1, 0.15) is 28.8 Å². The normalized spacial score (nSPS) is 16.3. The molecule has 1 unspecified atom stereocenters. The van der Waals surface area contributed by atoms with Crippen LogP contribution in [0.25, 0.3) is 0 Å². The molecule has 5 nitrogen and oxygen atoms in total. The molecule has 1 saturated heterocycles. The Bertz CT molecular complexity index is 752. The molecule has 0 radical (unpaired) electrons. The summed E-state index contributed by atoms with van der Waals surface area (Å²) in [5.74, 6) is -0.311. The fourth-order valence-corrected chi connectivity index (χ4v) is 2.70. The Morgan fingerprint density at radius 2 is 1.73 bits per heavy atom. The third-order valence-electron chi connectivity index (χ3n) is 4.14. The number of carbonyl (C=O) groups excluding carboxylic acids is 2. The third kappa shape index (κ3) is 4.89. The monoisotopic (exact) mass is 357 g/mol. The van der Waals surface area contributed by atoms with Crippen molar-refractivity contribution < 1.29 is 23.5 Å². The number of amides is 1. The average Bonchev–Trinajstić information content (AvgIpc) is 3.19. The van der Waals surface area contributed by atoms with Crippen LogP contribution in [0, 0.1) is 5.82 Å². The van der Waals surface area contributed by atoms with Gasteiger partial charge in [0.1, 0.15) is 11.6 Å². The van der Waals surface area contributed by atoms with E-state index >= 15 is 0 Å². The number of ether oxygens (including phenoxy) is 2. The summed E-state index contributed by atoms with van der Waals surface area (Å²) in [6, 6.07) is 11.9. The molecular formula is C20H20FNO4. The van der Waals surface area contributed by atoms with Gasteiger partial charge in [-0.25, -0.2) is 4.39 Å². The summed E-state index contributed by atoms with van der Waals surface area (Å²) in [7, 11) is 0. The van der Waals surface area contributed by atoms with Gasteiger partial charge in [0.05, 0.1) is 6.10 Å². The van der Waals surface area contributed by atoms with Gasteiger partial charge in [-0.1, -0.05) is 0 Å². The second kappa shape index (κ2) is 8.58. The summed E-state index contributed by atoms with van der Waals surface area (Å²) in [5, 5.41) is 2.78. The number of halogens is 1. The molecule has 3 rings (SSSR count). The van der Waals surface area contributed by atoms with Crippen molar-refractivity contribution in [1.29, 1.82) is 0 Å². The highest BCUT2D eigenvalue weighted by molar-refractivity contribution is 6.09. The maximum atomic E-state index is 12.9. The minimum Gasteiger partial charge on any atom is -0.484 e. The third-order valence-corrected chi connectivity index (χ3v) is 4.14. The highest BCUT2D eigenvalue weighted by Gasteiger charge is 2.16. The van der Waals surface area contributed by atoms with Crippen LogP contribution in [0.3, 0.4) is 0 Å². The number of benzene rings is 2. The molecule has 1 amide bonds. The molecule has 0 aromatic heterocycles. The van der Waals surface area contributed by atoms with Crippen molar-refractivity contribution >= 4 is 11.7 Å². The number of nitrogens with one attached hydrogen (secondary N) is 1. The average molecular weight is 357 g/mol. The highest BCUT2D eigenvalue weighted by atomic mass is 19.1. The van der Waals surface area contributed by atoms with Crippen molar-refractivity contribution in [3.8, 4) is 5.75 Å². The first-order chi connectivity index (χ1) is 12.6. The fraction of sp³-hybridized carbons (Fsp3) is 0.300. The van der Waals surface area contributed by atoms with E-state index in [9.17, 15) is 14.0 Å². The van der Waals surface area contributed by atoms with E-state index in [0.29, 0.717) is 23.4 Å². The Morgan fingerprint density at radius 3 is 2.35 bits per heavy atom. The highest BCUT2D eigenvalue weighted by Crippen LogP contribution is 2.16. The predicted octanol–water partition coefficient (Wildman–Crippen LogP) is 2.73. The molecule has 136 valence electrons. The first-order valence-electron chi connectivity index (χ1n) is 8.53. The van der Waals surface area contributed by atoms with Gasteiger partial charge in [-0.2, -0.15) is 0 Å². The lowest BCUT2D eigenvalue weighted by Gasteiger charge is -2.11. The van der Waals surface area contributed by atoms with Gasteiger partial charge in [0.2, 0.25) is 0 Å². The summed E-state index contributed by atoms with van der Waals surface area (Å²) in [4.78, 5) is 24.1. The zero-order chi connectivity index (χ0) is 18.4. The smallest absolute Gasteiger partial charge is 0.258 e. The van der Waals surface area contributed by atoms with Crippen molar-refractivity contribution in [3.63, 3.8) is 0 Å². The van der Waals surface area contributed by atoms with Crippen molar-refractivity contribution in [3.05, 3.63) is 65.5 Å². The second-order valence-corrected chi connectivity index (χ2v) is 6.09. The Labute approximate surface area is 151 Å². The van der Waals surface area contributed by atoms with Crippen molar-refractivity contribution in [2.45, 2.75) is 18.9 Å². The number of carbonyl (C=O) groups is 2. The van der Waals surface area contributed by atoms with Crippen molar-refractivity contribution in [2.24, 2.45) is 0 Å². The van der Waals surface area contributed by atoms with Gasteiger partial charge in [-0.3, -0.25) is 9.59 Å². The summed E-state index contributed by atoms with van der Waals surface area (Å²) in [6.07, 6.45) is 2.08. The van der Waals surface area contributed by atoms with Crippen LogP contribution in [0.4, 0.5) is 4.39 Å². The quantitative estimate of drug-likeness (QED) is 0.774. The van der Waals surface area contributed by atoms with Crippen LogP contribution in [0.2, 0.25) is 0 Å². The van der Waals surface area contributed by atoms with Crippen LogP contribution in [0.5, 0.6) is 5.75 Å². The molecule has 2 aromatic carbocycles. The molecule has 2 aromatic rings. The summed E-state index contributed by atoms with van der Waals surface area (Å²) in [6.45, 7) is 1.14. The topological polar surface area (TPSA) is 64.6 Å². The van der Waals surface area contributed by atoms with E-state index in [4.69, 9.17) is 9.47 Å². The van der Waals surface area contributed by atoms with Crippen molar-refractivity contribution in [2.75, 3.05) is 19.8 Å². The number of hydrogen-bond donors (Lipinski definition) is 1. The van der Waals surface area contributed by atoms with Crippen LogP contribution in [-0.4, -0.2) is 37.6 Å². The number of hydrogen-bond acceptors (Lipinski definition) is 4. The van der Waals surface area contributed by atoms with Gasteiger partial charge in [0, 0.05) is 24.3 Å². The van der Waals surface area contributed by atoms with Gasteiger partial charge in [0.25, 0.3) is 5.91 Å². The molecule has 1 aliphatic rings. The molecule has 1 fully saturated rings. The number of ketones is 1. The molecule has 1 aliphatic heterocycles. The molecule has 0 aliphatic carbocycles. The van der Waals surface area contributed by atoms with Gasteiger partial charge < -0.3 is 14.8 Å². The Balaban J connectivity index is 1.48. The molecule has 1 N–H and O–H groups in total. The summed E-state index contributed by atoms with van der Waals surface area (Å²) >= 11 is 0. The van der Waals surface area contributed by atoms with E-state index in [1.54, 1.807) is 24.3 Å². The summed E-state index contributed by atoms with van der Waals surface area (Å²) < 4.78 is 23.8. The minimum atomic E-state index is -0.386. The Kier molecular flexibility index (Phi) is 5.96. The van der Waals surface area contributed by atoms with E-state index < -0.39 is 0 Å².